The van der Waals surface area contributed by atoms with Crippen LogP contribution in [-0.2, 0) is 11.3 Å². The molecule has 1 saturated carbocycles. The number of guanidine groups is 1. The average Bonchev–Trinajstić information content (AvgIpc) is 3.25. The Kier molecular flexibility index (Phi) is 10.1. The van der Waals surface area contributed by atoms with Crippen LogP contribution in [-0.4, -0.2) is 60.4 Å². The second kappa shape index (κ2) is 11.2. The van der Waals surface area contributed by atoms with Crippen molar-refractivity contribution in [2.75, 3.05) is 33.4 Å². The van der Waals surface area contributed by atoms with Gasteiger partial charge in [0.1, 0.15) is 0 Å². The van der Waals surface area contributed by atoms with E-state index in [4.69, 9.17) is 4.74 Å². The van der Waals surface area contributed by atoms with Gasteiger partial charge in [-0.1, -0.05) is 0 Å². The number of rotatable bonds is 9. The molecule has 6 nitrogen and oxygen atoms in total. The molecule has 8 heteroatoms. The molecule has 1 aromatic rings. The van der Waals surface area contributed by atoms with Crippen molar-refractivity contribution >= 4 is 41.3 Å². The molecule has 0 aromatic carbocycles. The number of ether oxygens (including phenoxy) is 1. The summed E-state index contributed by atoms with van der Waals surface area (Å²) < 4.78 is 5.51. The third-order valence-electron chi connectivity index (χ3n) is 3.57. The monoisotopic (exact) mass is 468 g/mol. The van der Waals surface area contributed by atoms with Gasteiger partial charge in [0.05, 0.1) is 36.5 Å². The fourth-order valence-corrected chi connectivity index (χ4v) is 2.77. The number of aromatic nitrogens is 1. The number of hydrogen-bond donors (Lipinski definition) is 2. The van der Waals surface area contributed by atoms with Crippen LogP contribution in [0, 0.1) is 12.8 Å². The van der Waals surface area contributed by atoms with Gasteiger partial charge >= 0.3 is 0 Å². The van der Waals surface area contributed by atoms with Gasteiger partial charge in [-0.2, -0.15) is 0 Å². The first-order valence-electron chi connectivity index (χ1n) is 8.24. The quantitative estimate of drug-likeness (QED) is 0.331. The van der Waals surface area contributed by atoms with Gasteiger partial charge in [-0.3, -0.25) is 4.99 Å². The maximum Gasteiger partial charge on any atom is 0.194 e. The van der Waals surface area contributed by atoms with Crippen LogP contribution in [0.3, 0.4) is 0 Å². The lowest BCUT2D eigenvalue weighted by Crippen LogP contribution is -2.39. The van der Waals surface area contributed by atoms with Gasteiger partial charge < -0.3 is 20.1 Å². The predicted molar refractivity (Wildman–Crippen MR) is 109 cm³/mol. The summed E-state index contributed by atoms with van der Waals surface area (Å²) in [5, 5.41) is 16.4. The second-order valence-corrected chi connectivity index (χ2v) is 7.11. The summed E-state index contributed by atoms with van der Waals surface area (Å²) in [5.41, 5.74) is 1.04. The molecule has 2 rings (SSSR count). The highest BCUT2D eigenvalue weighted by Crippen LogP contribution is 2.28. The molecule has 1 unspecified atom stereocenters. The molecule has 0 bridgehead atoms. The number of halogens is 1. The molecule has 1 atom stereocenters. The average molecular weight is 468 g/mol. The summed E-state index contributed by atoms with van der Waals surface area (Å²) in [6, 6.07) is 0. The van der Waals surface area contributed by atoms with Crippen molar-refractivity contribution in [2.24, 2.45) is 10.9 Å². The molecule has 1 fully saturated rings. The molecule has 1 heterocycles. The van der Waals surface area contributed by atoms with Crippen LogP contribution in [0.5, 0.6) is 0 Å². The zero-order valence-corrected chi connectivity index (χ0v) is 17.8. The molecule has 0 amide bonds. The number of thiazole rings is 1. The minimum absolute atomic E-state index is 0. The van der Waals surface area contributed by atoms with Crippen LogP contribution in [0.2, 0.25) is 0 Å². The second-order valence-electron chi connectivity index (χ2n) is 6.04. The summed E-state index contributed by atoms with van der Waals surface area (Å²) in [5.74, 6) is 1.50. The van der Waals surface area contributed by atoms with E-state index in [1.807, 2.05) is 25.8 Å². The molecule has 0 radical (unpaired) electrons. The van der Waals surface area contributed by atoms with E-state index in [-0.39, 0.29) is 24.0 Å². The van der Waals surface area contributed by atoms with Crippen LogP contribution in [0.15, 0.2) is 10.4 Å². The van der Waals surface area contributed by atoms with Gasteiger partial charge in [-0.05, 0) is 32.6 Å². The van der Waals surface area contributed by atoms with E-state index in [9.17, 15) is 5.11 Å². The number of aryl methyl sites for hydroxylation is 1. The van der Waals surface area contributed by atoms with Gasteiger partial charge in [0, 0.05) is 25.6 Å². The minimum Gasteiger partial charge on any atom is -0.389 e. The SMILES string of the molecule is CCNC(=NCC(O)COCC1CC1)N(C)Cc1csc(C)n1.I. The number of aliphatic hydroxyl groups excluding tert-OH is 1. The molecule has 24 heavy (non-hydrogen) atoms. The van der Waals surface area contributed by atoms with Gasteiger partial charge in [0.25, 0.3) is 0 Å². The minimum atomic E-state index is -0.558. The molecule has 0 aliphatic heterocycles. The Morgan fingerprint density at radius 1 is 1.58 bits per heavy atom. The maximum atomic E-state index is 9.99. The van der Waals surface area contributed by atoms with Crippen molar-refractivity contribution in [1.82, 2.24) is 15.2 Å². The van der Waals surface area contributed by atoms with Crippen molar-refractivity contribution in [3.05, 3.63) is 16.1 Å². The molecule has 0 saturated heterocycles. The fraction of sp³-hybridized carbons (Fsp3) is 0.750. The summed E-state index contributed by atoms with van der Waals surface area (Å²) >= 11 is 1.65. The molecule has 1 aliphatic rings. The van der Waals surface area contributed by atoms with Gasteiger partial charge in [-0.15, -0.1) is 35.3 Å². The standard InChI is InChI=1S/C16H28N4O2S.HI/c1-4-17-16(20(3)8-14-11-23-12(2)19-14)18-7-15(21)10-22-9-13-5-6-13;/h11,13,15,21H,4-10H2,1-3H3,(H,17,18);1H. The summed E-state index contributed by atoms with van der Waals surface area (Å²) in [6.07, 6.45) is 1.97. The van der Waals surface area contributed by atoms with Crippen molar-refractivity contribution in [1.29, 1.82) is 0 Å². The topological polar surface area (TPSA) is 70.0 Å². The third-order valence-corrected chi connectivity index (χ3v) is 4.40. The molecular formula is C16H29IN4O2S. The summed E-state index contributed by atoms with van der Waals surface area (Å²) in [6.45, 7) is 6.99. The highest BCUT2D eigenvalue weighted by Gasteiger charge is 2.21. The fourth-order valence-electron chi connectivity index (χ4n) is 2.17. The third kappa shape index (κ3) is 8.09. The van der Waals surface area contributed by atoms with E-state index in [2.05, 4.69) is 20.7 Å². The number of nitrogens with zero attached hydrogens (tertiary/aromatic N) is 3. The Morgan fingerprint density at radius 3 is 2.92 bits per heavy atom. The Morgan fingerprint density at radius 2 is 2.33 bits per heavy atom. The van der Waals surface area contributed by atoms with Crippen LogP contribution in [0.25, 0.3) is 0 Å². The Labute approximate surface area is 165 Å². The van der Waals surface area contributed by atoms with Gasteiger partial charge in [-0.25, -0.2) is 4.98 Å². The van der Waals surface area contributed by atoms with Crippen LogP contribution in [0.4, 0.5) is 0 Å². The lowest BCUT2D eigenvalue weighted by atomic mass is 10.4. The zero-order valence-electron chi connectivity index (χ0n) is 14.7. The van der Waals surface area contributed by atoms with E-state index in [1.165, 1.54) is 12.8 Å². The Hall–Kier alpha value is -0.450. The first-order valence-corrected chi connectivity index (χ1v) is 9.12. The van der Waals surface area contributed by atoms with Crippen molar-refractivity contribution in [3.63, 3.8) is 0 Å². The molecule has 2 N–H and O–H groups in total. The highest BCUT2D eigenvalue weighted by molar-refractivity contribution is 14.0. The molecule has 1 aromatic heterocycles. The smallest absolute Gasteiger partial charge is 0.194 e. The number of nitrogens with one attached hydrogen (secondary N) is 1. The van der Waals surface area contributed by atoms with Crippen LogP contribution >= 0.6 is 35.3 Å². The van der Waals surface area contributed by atoms with E-state index in [0.29, 0.717) is 19.7 Å². The summed E-state index contributed by atoms with van der Waals surface area (Å²) in [7, 11) is 1.98. The number of hydrogen-bond acceptors (Lipinski definition) is 5. The first-order chi connectivity index (χ1) is 11.1. The van der Waals surface area contributed by atoms with E-state index in [0.717, 1.165) is 35.7 Å². The van der Waals surface area contributed by atoms with Crippen LogP contribution in [0.1, 0.15) is 30.5 Å². The van der Waals surface area contributed by atoms with E-state index >= 15 is 0 Å². The normalized spacial score (nSPS) is 15.8. The van der Waals surface area contributed by atoms with Crippen molar-refractivity contribution < 1.29 is 9.84 Å². The summed E-state index contributed by atoms with van der Waals surface area (Å²) in [4.78, 5) is 11.0. The number of aliphatic hydroxyl groups is 1. The van der Waals surface area contributed by atoms with E-state index < -0.39 is 6.10 Å². The molecule has 1 aliphatic carbocycles. The van der Waals surface area contributed by atoms with E-state index in [1.54, 1.807) is 11.3 Å². The van der Waals surface area contributed by atoms with Gasteiger partial charge in [0.15, 0.2) is 5.96 Å². The van der Waals surface area contributed by atoms with Crippen molar-refractivity contribution in [3.8, 4) is 0 Å². The zero-order chi connectivity index (χ0) is 16.7. The maximum absolute atomic E-state index is 9.99. The number of aliphatic imine (C=N–C) groups is 1. The Balaban J connectivity index is 0.00000288. The molecule has 138 valence electrons. The predicted octanol–water partition coefficient (Wildman–Crippen LogP) is 2.25. The lowest BCUT2D eigenvalue weighted by Gasteiger charge is -2.21. The van der Waals surface area contributed by atoms with Gasteiger partial charge in [0.2, 0.25) is 0 Å². The Bertz CT molecular complexity index is 508. The van der Waals surface area contributed by atoms with Crippen molar-refractivity contribution in [2.45, 2.75) is 39.3 Å². The molecule has 0 spiro atoms. The lowest BCUT2D eigenvalue weighted by molar-refractivity contribution is 0.0367. The van der Waals surface area contributed by atoms with Crippen LogP contribution < -0.4 is 5.32 Å². The first kappa shape index (κ1) is 21.6. The molecular weight excluding hydrogens is 439 g/mol. The largest absolute Gasteiger partial charge is 0.389 e. The highest BCUT2D eigenvalue weighted by atomic mass is 127.